The lowest BCUT2D eigenvalue weighted by Crippen LogP contribution is -2.00. The summed E-state index contributed by atoms with van der Waals surface area (Å²) in [5.74, 6) is 0.842. The van der Waals surface area contributed by atoms with Gasteiger partial charge in [0.05, 0.1) is 29.1 Å². The molecule has 4 aromatic rings. The van der Waals surface area contributed by atoms with Crippen molar-refractivity contribution in [2.75, 3.05) is 12.5 Å². The molecule has 1 N–H and O–H groups in total. The topological polar surface area (TPSA) is 76.7 Å². The molecule has 0 aliphatic carbocycles. The Balaban J connectivity index is 1.47. The minimum Gasteiger partial charge on any atom is -0.465 e. The number of hydrogen-bond acceptors (Lipinski definition) is 7. The Hall–Kier alpha value is -3.45. The highest BCUT2D eigenvalue weighted by Crippen LogP contribution is 2.25. The maximum absolute atomic E-state index is 11.7. The molecular formula is C20H15N3O3S. The molecule has 0 amide bonds. The van der Waals surface area contributed by atoms with Crippen LogP contribution in [0.25, 0.3) is 21.5 Å². The van der Waals surface area contributed by atoms with Crippen LogP contribution < -0.4 is 5.43 Å². The van der Waals surface area contributed by atoms with Gasteiger partial charge in [-0.05, 0) is 36.4 Å². The van der Waals surface area contributed by atoms with Gasteiger partial charge in [0.2, 0.25) is 5.13 Å². The normalized spacial score (nSPS) is 11.1. The molecule has 4 rings (SSSR count). The molecule has 2 aromatic heterocycles. The van der Waals surface area contributed by atoms with Crippen LogP contribution in [0.4, 0.5) is 5.13 Å². The van der Waals surface area contributed by atoms with E-state index in [1.807, 2.05) is 42.5 Å². The number of anilines is 1. The predicted molar refractivity (Wildman–Crippen MR) is 106 cm³/mol. The molecule has 134 valence electrons. The SMILES string of the molecule is COC(=O)c1cccc(-c2ccc(/C=N\Nc3nc4ccccc4s3)o2)c1. The standard InChI is InChI=1S/C20H15N3O3S/c1-25-19(24)14-6-4-5-13(11-14)17-10-9-15(26-17)12-21-23-20-22-16-7-2-3-8-18(16)27-20/h2-12H,1H3,(H,22,23)/b21-12-. The number of fused-ring (bicyclic) bond motifs is 1. The molecular weight excluding hydrogens is 362 g/mol. The van der Waals surface area contributed by atoms with Crippen molar-refractivity contribution in [3.05, 3.63) is 72.0 Å². The summed E-state index contributed by atoms with van der Waals surface area (Å²) >= 11 is 1.53. The minimum atomic E-state index is -0.384. The van der Waals surface area contributed by atoms with Crippen molar-refractivity contribution in [2.45, 2.75) is 0 Å². The third-order valence-corrected chi connectivity index (χ3v) is 4.78. The van der Waals surface area contributed by atoms with E-state index in [1.54, 1.807) is 24.4 Å². The van der Waals surface area contributed by atoms with Crippen LogP contribution in [0, 0.1) is 0 Å². The number of benzene rings is 2. The molecule has 0 aliphatic rings. The van der Waals surface area contributed by atoms with Crippen LogP contribution in [-0.2, 0) is 4.74 Å². The van der Waals surface area contributed by atoms with E-state index in [1.165, 1.54) is 18.4 Å². The van der Waals surface area contributed by atoms with E-state index in [-0.39, 0.29) is 5.97 Å². The van der Waals surface area contributed by atoms with E-state index in [4.69, 9.17) is 9.15 Å². The Bertz CT molecular complexity index is 1100. The molecule has 0 saturated carbocycles. The van der Waals surface area contributed by atoms with Gasteiger partial charge in [0.15, 0.2) is 0 Å². The third kappa shape index (κ3) is 3.73. The lowest BCUT2D eigenvalue weighted by molar-refractivity contribution is 0.0601. The predicted octanol–water partition coefficient (Wildman–Crippen LogP) is 4.79. The summed E-state index contributed by atoms with van der Waals surface area (Å²) < 4.78 is 11.6. The van der Waals surface area contributed by atoms with Gasteiger partial charge in [-0.25, -0.2) is 9.78 Å². The van der Waals surface area contributed by atoms with E-state index in [0.717, 1.165) is 15.8 Å². The van der Waals surface area contributed by atoms with Crippen LogP contribution in [-0.4, -0.2) is 24.3 Å². The zero-order valence-electron chi connectivity index (χ0n) is 14.4. The fraction of sp³-hybridized carbons (Fsp3) is 0.0500. The fourth-order valence-corrected chi connectivity index (χ4v) is 3.38. The van der Waals surface area contributed by atoms with Crippen molar-refractivity contribution in [3.8, 4) is 11.3 Å². The van der Waals surface area contributed by atoms with E-state index in [0.29, 0.717) is 22.2 Å². The highest BCUT2D eigenvalue weighted by molar-refractivity contribution is 7.22. The first-order chi connectivity index (χ1) is 13.2. The van der Waals surface area contributed by atoms with Gasteiger partial charge in [0, 0.05) is 5.56 Å². The van der Waals surface area contributed by atoms with Gasteiger partial charge >= 0.3 is 5.97 Å². The molecule has 0 atom stereocenters. The highest BCUT2D eigenvalue weighted by atomic mass is 32.1. The summed E-state index contributed by atoms with van der Waals surface area (Å²) in [4.78, 5) is 16.1. The van der Waals surface area contributed by atoms with Gasteiger partial charge in [0.1, 0.15) is 11.5 Å². The van der Waals surface area contributed by atoms with Gasteiger partial charge in [0.25, 0.3) is 0 Å². The van der Waals surface area contributed by atoms with Crippen LogP contribution in [0.5, 0.6) is 0 Å². The molecule has 0 radical (unpaired) electrons. The number of methoxy groups -OCH3 is 1. The lowest BCUT2D eigenvalue weighted by Gasteiger charge is -2.01. The third-order valence-electron chi connectivity index (χ3n) is 3.84. The summed E-state index contributed by atoms with van der Waals surface area (Å²) in [7, 11) is 1.36. The molecule has 6 nitrogen and oxygen atoms in total. The highest BCUT2D eigenvalue weighted by Gasteiger charge is 2.09. The number of hydrogen-bond donors (Lipinski definition) is 1. The molecule has 0 unspecified atom stereocenters. The van der Waals surface area contributed by atoms with Crippen molar-refractivity contribution in [1.82, 2.24) is 4.98 Å². The Morgan fingerprint density at radius 1 is 1.19 bits per heavy atom. The van der Waals surface area contributed by atoms with Gasteiger partial charge in [-0.3, -0.25) is 5.43 Å². The molecule has 2 aromatic carbocycles. The molecule has 7 heteroatoms. The zero-order chi connectivity index (χ0) is 18.6. The van der Waals surface area contributed by atoms with Crippen LogP contribution in [0.3, 0.4) is 0 Å². The molecule has 0 saturated heterocycles. The first-order valence-electron chi connectivity index (χ1n) is 8.16. The number of aromatic nitrogens is 1. The van der Waals surface area contributed by atoms with Gasteiger partial charge in [-0.2, -0.15) is 5.10 Å². The lowest BCUT2D eigenvalue weighted by atomic mass is 10.1. The Kier molecular flexibility index (Phi) is 4.67. The first-order valence-corrected chi connectivity index (χ1v) is 8.98. The quantitative estimate of drug-likeness (QED) is 0.307. The molecule has 27 heavy (non-hydrogen) atoms. The van der Waals surface area contributed by atoms with Crippen molar-refractivity contribution in [2.24, 2.45) is 5.10 Å². The number of rotatable bonds is 5. The molecule has 0 aliphatic heterocycles. The Morgan fingerprint density at radius 3 is 2.93 bits per heavy atom. The van der Waals surface area contributed by atoms with E-state index in [2.05, 4.69) is 15.5 Å². The van der Waals surface area contributed by atoms with Gasteiger partial charge in [-0.15, -0.1) is 0 Å². The second-order valence-electron chi connectivity index (χ2n) is 5.63. The summed E-state index contributed by atoms with van der Waals surface area (Å²) in [6, 6.07) is 18.6. The van der Waals surface area contributed by atoms with Crippen LogP contribution in [0.2, 0.25) is 0 Å². The molecule has 0 bridgehead atoms. The second-order valence-corrected chi connectivity index (χ2v) is 6.66. The number of carbonyl (C=O) groups excluding carboxylic acids is 1. The zero-order valence-corrected chi connectivity index (χ0v) is 15.2. The maximum Gasteiger partial charge on any atom is 0.337 e. The van der Waals surface area contributed by atoms with E-state index < -0.39 is 0 Å². The van der Waals surface area contributed by atoms with Gasteiger partial charge < -0.3 is 9.15 Å². The first kappa shape index (κ1) is 17.0. The Morgan fingerprint density at radius 2 is 2.07 bits per heavy atom. The summed E-state index contributed by atoms with van der Waals surface area (Å²) in [6.07, 6.45) is 1.58. The van der Waals surface area contributed by atoms with Crippen molar-refractivity contribution in [3.63, 3.8) is 0 Å². The fourth-order valence-electron chi connectivity index (χ4n) is 2.57. The van der Waals surface area contributed by atoms with E-state index in [9.17, 15) is 4.79 Å². The van der Waals surface area contributed by atoms with E-state index >= 15 is 0 Å². The Labute approximate surface area is 159 Å². The summed E-state index contributed by atoms with van der Waals surface area (Å²) in [5.41, 5.74) is 5.12. The average Bonchev–Trinajstić information content (AvgIpc) is 3.34. The van der Waals surface area contributed by atoms with Crippen LogP contribution in [0.1, 0.15) is 16.1 Å². The number of para-hydroxylation sites is 1. The smallest absolute Gasteiger partial charge is 0.337 e. The number of hydrazone groups is 1. The molecule has 2 heterocycles. The minimum absolute atomic E-state index is 0.384. The monoisotopic (exact) mass is 377 g/mol. The van der Waals surface area contributed by atoms with Crippen molar-refractivity contribution >= 4 is 38.9 Å². The van der Waals surface area contributed by atoms with Crippen molar-refractivity contribution in [1.29, 1.82) is 0 Å². The largest absolute Gasteiger partial charge is 0.465 e. The number of ether oxygens (including phenoxy) is 1. The average molecular weight is 377 g/mol. The summed E-state index contributed by atoms with van der Waals surface area (Å²) in [6.45, 7) is 0. The maximum atomic E-state index is 11.7. The number of furan rings is 1. The number of esters is 1. The molecule has 0 spiro atoms. The number of carbonyl (C=O) groups is 1. The number of nitrogens with one attached hydrogen (secondary N) is 1. The second kappa shape index (κ2) is 7.43. The van der Waals surface area contributed by atoms with Crippen molar-refractivity contribution < 1.29 is 13.9 Å². The number of nitrogens with zero attached hydrogens (tertiary/aromatic N) is 2. The summed E-state index contributed by atoms with van der Waals surface area (Å²) in [5, 5.41) is 4.89. The van der Waals surface area contributed by atoms with Crippen LogP contribution in [0.15, 0.2) is 70.2 Å². The number of thiazole rings is 1. The molecule has 0 fully saturated rings. The van der Waals surface area contributed by atoms with Crippen LogP contribution >= 0.6 is 11.3 Å². The van der Waals surface area contributed by atoms with Gasteiger partial charge in [-0.1, -0.05) is 35.6 Å².